The maximum Gasteiger partial charge on any atom is 0.0366 e. The first kappa shape index (κ1) is 51.4. The quantitative estimate of drug-likeness (QED) is 0.0649. The van der Waals surface area contributed by atoms with Gasteiger partial charge in [-0.1, -0.05) is 117 Å². The van der Waals surface area contributed by atoms with Crippen molar-refractivity contribution in [2.75, 3.05) is 57.0 Å². The second-order valence-corrected chi connectivity index (χ2v) is 16.4. The Labute approximate surface area is 378 Å². The lowest BCUT2D eigenvalue weighted by molar-refractivity contribution is 0.262. The van der Waals surface area contributed by atoms with Gasteiger partial charge < -0.3 is 21.3 Å². The number of aryl methyl sites for hydroxylation is 2. The molecule has 2 aliphatic rings. The number of fused-ring (bicyclic) bond motifs is 1. The molecule has 4 aromatic carbocycles. The van der Waals surface area contributed by atoms with Crippen LogP contribution in [-0.4, -0.2) is 57.8 Å². The maximum atomic E-state index is 4.50. The number of nitrogens with zero attached hydrogens (tertiary/aromatic N) is 2. The molecule has 0 amide bonds. The molecule has 1 fully saturated rings. The Morgan fingerprint density at radius 1 is 0.871 bits per heavy atom. The summed E-state index contributed by atoms with van der Waals surface area (Å²) in [5, 5.41) is 7.45. The van der Waals surface area contributed by atoms with E-state index < -0.39 is 0 Å². The average molecular weight is 836 g/mol. The van der Waals surface area contributed by atoms with Gasteiger partial charge in [-0.05, 0) is 174 Å². The van der Waals surface area contributed by atoms with E-state index in [1.165, 1.54) is 93.3 Å². The average Bonchev–Trinajstić information content (AvgIpc) is 3.30. The number of piperidine rings is 1. The Kier molecular flexibility index (Phi) is 23.7. The summed E-state index contributed by atoms with van der Waals surface area (Å²) < 4.78 is 0. The monoisotopic (exact) mass is 836 g/mol. The van der Waals surface area contributed by atoms with Crippen molar-refractivity contribution < 1.29 is 0 Å². The van der Waals surface area contributed by atoms with Gasteiger partial charge in [-0.3, -0.25) is 4.90 Å². The highest BCUT2D eigenvalue weighted by atomic mass is 15.1. The minimum Gasteiger partial charge on any atom is -0.385 e. The molecular formula is C57H81N5. The highest BCUT2D eigenvalue weighted by Gasteiger charge is 2.23. The third-order valence-electron chi connectivity index (χ3n) is 11.8. The Balaban J connectivity index is 0.00000138. The molecule has 1 saturated heterocycles. The van der Waals surface area contributed by atoms with Gasteiger partial charge in [0.25, 0.3) is 0 Å². The number of nitrogens with one attached hydrogen (secondary N) is 2. The van der Waals surface area contributed by atoms with Crippen LogP contribution in [0.3, 0.4) is 0 Å². The molecule has 1 aliphatic carbocycles. The van der Waals surface area contributed by atoms with Crippen LogP contribution in [-0.2, 0) is 13.0 Å². The predicted molar refractivity (Wildman–Crippen MR) is 277 cm³/mol. The normalized spacial score (nSPS) is 13.9. The number of nitrogens with two attached hydrogens (primary N) is 1. The summed E-state index contributed by atoms with van der Waals surface area (Å²) in [6.45, 7) is 32.1. The van der Waals surface area contributed by atoms with Crippen molar-refractivity contribution in [1.82, 2.24) is 10.2 Å². The zero-order valence-corrected chi connectivity index (χ0v) is 39.7. The Bertz CT molecular complexity index is 1970. The van der Waals surface area contributed by atoms with E-state index in [4.69, 9.17) is 0 Å². The van der Waals surface area contributed by atoms with Crippen LogP contribution < -0.4 is 21.3 Å². The molecule has 0 aromatic heterocycles. The van der Waals surface area contributed by atoms with Crippen molar-refractivity contribution in [3.63, 3.8) is 0 Å². The first-order chi connectivity index (χ1) is 30.2. The van der Waals surface area contributed by atoms with Crippen LogP contribution in [0.2, 0.25) is 0 Å². The second kappa shape index (κ2) is 28.6. The molecule has 6 rings (SSSR count). The standard InChI is InChI=1S/C51H64N4.C3H6.C2H6.CH5N/c1-7-41-18-22-46(35-45(41)37-54(6)47(8-2)23-16-38(3)4)53-31-13-12-30-52-36-40-28-32-55(33-29-40)48-24-19-43(20-25-48)51-49(42-14-10-9-11-15-42)27-21-44-34-39(5)17-26-50(44)51;1-3-2;2*1-2/h7-11,14-15,17-20,22,24-26,34-35,40,47,52-53H,1-3,12-13,16,21,23,27-33,36-37H2,4-6H3;3H,1H2,2H3;1-2H3;2H2,1H3. The maximum absolute atomic E-state index is 4.50. The van der Waals surface area contributed by atoms with Crippen LogP contribution in [0.1, 0.15) is 112 Å². The van der Waals surface area contributed by atoms with Gasteiger partial charge in [0.2, 0.25) is 0 Å². The van der Waals surface area contributed by atoms with Crippen molar-refractivity contribution in [2.24, 2.45) is 11.7 Å². The largest absolute Gasteiger partial charge is 0.385 e. The van der Waals surface area contributed by atoms with Gasteiger partial charge in [-0.25, -0.2) is 0 Å². The second-order valence-electron chi connectivity index (χ2n) is 16.4. The van der Waals surface area contributed by atoms with Crippen molar-refractivity contribution in [3.05, 3.63) is 174 Å². The summed E-state index contributed by atoms with van der Waals surface area (Å²) in [6.07, 6.45) is 14.8. The predicted octanol–water partition coefficient (Wildman–Crippen LogP) is 13.4. The molecule has 1 atom stereocenters. The smallest absolute Gasteiger partial charge is 0.0366 e. The summed E-state index contributed by atoms with van der Waals surface area (Å²) in [6, 6.07) is 34.4. The summed E-state index contributed by atoms with van der Waals surface area (Å²) >= 11 is 0. The number of hydrogen-bond donors (Lipinski definition) is 3. The van der Waals surface area contributed by atoms with E-state index in [9.17, 15) is 0 Å². The van der Waals surface area contributed by atoms with Crippen LogP contribution in [0.25, 0.3) is 17.2 Å². The fourth-order valence-electron chi connectivity index (χ4n) is 8.48. The molecule has 0 bridgehead atoms. The van der Waals surface area contributed by atoms with Gasteiger partial charge in [0.15, 0.2) is 0 Å². The van der Waals surface area contributed by atoms with Gasteiger partial charge in [0.05, 0.1) is 0 Å². The lowest BCUT2D eigenvalue weighted by Crippen LogP contribution is -2.37. The summed E-state index contributed by atoms with van der Waals surface area (Å²) in [5.74, 6) is 0.746. The minimum atomic E-state index is 0.325. The molecule has 4 aromatic rings. The molecule has 0 spiro atoms. The van der Waals surface area contributed by atoms with Gasteiger partial charge in [0.1, 0.15) is 0 Å². The molecule has 334 valence electrons. The molecule has 5 heteroatoms. The topological polar surface area (TPSA) is 56.6 Å². The number of allylic oxidation sites excluding steroid dienone is 3. The number of rotatable bonds is 19. The number of anilines is 2. The van der Waals surface area contributed by atoms with Crippen LogP contribution in [0.4, 0.5) is 11.4 Å². The lowest BCUT2D eigenvalue weighted by Gasteiger charge is -2.34. The minimum absolute atomic E-state index is 0.325. The summed E-state index contributed by atoms with van der Waals surface area (Å²) in [4.78, 5) is 4.97. The first-order valence-corrected chi connectivity index (χ1v) is 23.3. The van der Waals surface area contributed by atoms with Crippen LogP contribution in [0.5, 0.6) is 0 Å². The molecule has 5 nitrogen and oxygen atoms in total. The molecule has 0 radical (unpaired) electrons. The lowest BCUT2D eigenvalue weighted by atomic mass is 9.79. The number of benzene rings is 4. The molecule has 62 heavy (non-hydrogen) atoms. The van der Waals surface area contributed by atoms with E-state index in [0.29, 0.717) is 6.04 Å². The van der Waals surface area contributed by atoms with Crippen molar-refractivity contribution >= 4 is 28.6 Å². The van der Waals surface area contributed by atoms with E-state index in [1.807, 2.05) is 26.8 Å². The molecule has 0 saturated carbocycles. The van der Waals surface area contributed by atoms with Crippen LogP contribution in [0.15, 0.2) is 135 Å². The Morgan fingerprint density at radius 2 is 1.55 bits per heavy atom. The zero-order valence-electron chi connectivity index (χ0n) is 39.7. The zero-order chi connectivity index (χ0) is 45.3. The van der Waals surface area contributed by atoms with E-state index in [1.54, 1.807) is 6.08 Å². The molecule has 1 aliphatic heterocycles. The number of likely N-dealkylation sites (N-methyl/N-ethyl adjacent to an activating group) is 1. The van der Waals surface area contributed by atoms with E-state index >= 15 is 0 Å². The van der Waals surface area contributed by atoms with Gasteiger partial charge in [-0.15, -0.1) is 19.7 Å². The van der Waals surface area contributed by atoms with E-state index in [0.717, 1.165) is 77.3 Å². The number of unbranched alkanes of at least 4 members (excludes halogenated alkanes) is 1. The number of hydrogen-bond acceptors (Lipinski definition) is 5. The SMILES string of the molecule is C=CC.C=Cc1ccc(NCCCCNCC2CCN(c3ccc(C4=C(c5ccccc5)CCc5cc(C)ccc54)cc3)CC2)cc1CN(C)C(C=C)CCC(=C)C.CC.CN. The van der Waals surface area contributed by atoms with Crippen molar-refractivity contribution in [2.45, 2.75) is 98.6 Å². The summed E-state index contributed by atoms with van der Waals surface area (Å²) in [7, 11) is 3.68. The van der Waals surface area contributed by atoms with Crippen LogP contribution >= 0.6 is 0 Å². The van der Waals surface area contributed by atoms with Gasteiger partial charge >= 0.3 is 0 Å². The van der Waals surface area contributed by atoms with Gasteiger partial charge in [-0.2, -0.15) is 0 Å². The molecule has 1 unspecified atom stereocenters. The highest BCUT2D eigenvalue weighted by Crippen LogP contribution is 2.41. The Morgan fingerprint density at radius 3 is 2.19 bits per heavy atom. The van der Waals surface area contributed by atoms with E-state index in [2.05, 4.69) is 170 Å². The Hall–Kier alpha value is -4.94. The highest BCUT2D eigenvalue weighted by molar-refractivity contribution is 6.01. The van der Waals surface area contributed by atoms with Crippen molar-refractivity contribution in [1.29, 1.82) is 0 Å². The van der Waals surface area contributed by atoms with Crippen LogP contribution in [0, 0.1) is 12.8 Å². The molecule has 1 heterocycles. The molecule has 4 N–H and O–H groups in total. The summed E-state index contributed by atoms with van der Waals surface area (Å²) in [5.41, 5.74) is 20.5. The fraction of sp³-hybridized carbons (Fsp3) is 0.404. The fourth-order valence-corrected chi connectivity index (χ4v) is 8.48. The van der Waals surface area contributed by atoms with Gasteiger partial charge in [0, 0.05) is 43.6 Å². The molecular weight excluding hydrogens is 755 g/mol. The first-order valence-electron chi connectivity index (χ1n) is 23.3. The third-order valence-corrected chi connectivity index (χ3v) is 11.8. The third kappa shape index (κ3) is 15.8. The van der Waals surface area contributed by atoms with Crippen molar-refractivity contribution in [3.8, 4) is 0 Å². The van der Waals surface area contributed by atoms with E-state index in [-0.39, 0.29) is 0 Å².